The van der Waals surface area contributed by atoms with Crippen LogP contribution in [-0.2, 0) is 6.54 Å². The van der Waals surface area contributed by atoms with Gasteiger partial charge in [-0.15, -0.1) is 0 Å². The average molecular weight is 289 g/mol. The number of unbranched alkanes of at least 4 members (excludes halogenated alkanes) is 2. The first kappa shape index (κ1) is 15.7. The average Bonchev–Trinajstić information content (AvgIpc) is 2.35. The van der Waals surface area contributed by atoms with Crippen LogP contribution in [0.15, 0.2) is 12.1 Å². The molecule has 0 fully saturated rings. The van der Waals surface area contributed by atoms with Crippen LogP contribution >= 0.6 is 23.2 Å². The number of halogens is 2. The third kappa shape index (κ3) is 5.55. The van der Waals surface area contributed by atoms with Crippen LogP contribution in [0.25, 0.3) is 0 Å². The van der Waals surface area contributed by atoms with Gasteiger partial charge in [-0.1, -0.05) is 56.0 Å². The van der Waals surface area contributed by atoms with Crippen LogP contribution in [0.3, 0.4) is 0 Å². The van der Waals surface area contributed by atoms with E-state index in [9.17, 15) is 0 Å². The van der Waals surface area contributed by atoms with Crippen molar-refractivity contribution in [3.8, 4) is 0 Å². The van der Waals surface area contributed by atoms with Gasteiger partial charge in [-0.2, -0.15) is 0 Å². The van der Waals surface area contributed by atoms with Gasteiger partial charge in [-0.05, 0) is 32.0 Å². The number of hydrogen-bond acceptors (Lipinski definition) is 2. The second-order valence-corrected chi connectivity index (χ2v) is 5.31. The van der Waals surface area contributed by atoms with Crippen molar-refractivity contribution in [3.63, 3.8) is 0 Å². The minimum absolute atomic E-state index is 0.456. The third-order valence-corrected chi connectivity index (χ3v) is 3.48. The van der Waals surface area contributed by atoms with E-state index in [-0.39, 0.29) is 0 Å². The highest BCUT2D eigenvalue weighted by molar-refractivity contribution is 6.32. The van der Waals surface area contributed by atoms with E-state index in [1.165, 1.54) is 25.7 Å². The smallest absolute Gasteiger partial charge is 0.135 e. The molecule has 0 aliphatic rings. The van der Waals surface area contributed by atoms with E-state index >= 15 is 0 Å². The largest absolute Gasteiger partial charge is 0.299 e. The lowest BCUT2D eigenvalue weighted by Gasteiger charge is -2.22. The SMILES string of the molecule is CCCCN(CCCC)Cc1ccc(Cl)nc1Cl. The molecule has 0 radical (unpaired) electrons. The fraction of sp³-hybridized carbons (Fsp3) is 0.643. The summed E-state index contributed by atoms with van der Waals surface area (Å²) in [5.41, 5.74) is 1.06. The highest BCUT2D eigenvalue weighted by atomic mass is 35.5. The van der Waals surface area contributed by atoms with E-state index in [1.807, 2.05) is 6.07 Å². The topological polar surface area (TPSA) is 16.1 Å². The molecule has 0 N–H and O–H groups in total. The van der Waals surface area contributed by atoms with E-state index in [2.05, 4.69) is 23.7 Å². The molecule has 102 valence electrons. The first-order valence-electron chi connectivity index (χ1n) is 6.70. The summed E-state index contributed by atoms with van der Waals surface area (Å²) in [6.45, 7) is 7.54. The summed E-state index contributed by atoms with van der Waals surface area (Å²) in [6.07, 6.45) is 4.88. The number of aromatic nitrogens is 1. The summed E-state index contributed by atoms with van der Waals surface area (Å²) in [4.78, 5) is 6.54. The minimum atomic E-state index is 0.456. The molecule has 4 heteroatoms. The van der Waals surface area contributed by atoms with Crippen molar-refractivity contribution in [3.05, 3.63) is 28.0 Å². The fourth-order valence-electron chi connectivity index (χ4n) is 1.83. The van der Waals surface area contributed by atoms with Crippen molar-refractivity contribution in [2.75, 3.05) is 13.1 Å². The number of pyridine rings is 1. The summed E-state index contributed by atoms with van der Waals surface area (Å²) in [5.74, 6) is 0. The second kappa shape index (κ2) is 8.73. The Kier molecular flexibility index (Phi) is 7.64. The van der Waals surface area contributed by atoms with Crippen LogP contribution in [0.1, 0.15) is 45.1 Å². The van der Waals surface area contributed by atoms with Gasteiger partial charge < -0.3 is 0 Å². The summed E-state index contributed by atoms with van der Waals surface area (Å²) in [6, 6.07) is 3.78. The predicted molar refractivity (Wildman–Crippen MR) is 79.4 cm³/mol. The van der Waals surface area contributed by atoms with E-state index in [1.54, 1.807) is 6.07 Å². The maximum absolute atomic E-state index is 6.12. The van der Waals surface area contributed by atoms with Crippen LogP contribution in [-0.4, -0.2) is 23.0 Å². The lowest BCUT2D eigenvalue weighted by molar-refractivity contribution is 0.257. The quantitative estimate of drug-likeness (QED) is 0.640. The van der Waals surface area contributed by atoms with Crippen molar-refractivity contribution < 1.29 is 0 Å². The van der Waals surface area contributed by atoms with Crippen molar-refractivity contribution in [2.24, 2.45) is 0 Å². The van der Waals surface area contributed by atoms with Crippen molar-refractivity contribution in [1.29, 1.82) is 0 Å². The second-order valence-electron chi connectivity index (χ2n) is 4.57. The Morgan fingerprint density at radius 1 is 1.06 bits per heavy atom. The molecule has 0 spiro atoms. The van der Waals surface area contributed by atoms with Crippen molar-refractivity contribution in [2.45, 2.75) is 46.1 Å². The van der Waals surface area contributed by atoms with Crippen LogP contribution in [0.5, 0.6) is 0 Å². The van der Waals surface area contributed by atoms with Crippen LogP contribution < -0.4 is 0 Å². The highest BCUT2D eigenvalue weighted by Gasteiger charge is 2.09. The standard InChI is InChI=1S/C14H22Cl2N2/c1-3-5-9-18(10-6-4-2)11-12-7-8-13(15)17-14(12)16/h7-8H,3-6,9-11H2,1-2H3. The Balaban J connectivity index is 2.62. The van der Waals surface area contributed by atoms with Gasteiger partial charge in [0.2, 0.25) is 0 Å². The molecule has 0 atom stereocenters. The van der Waals surface area contributed by atoms with Crippen LogP contribution in [0.2, 0.25) is 10.3 Å². The molecule has 18 heavy (non-hydrogen) atoms. The van der Waals surface area contributed by atoms with E-state index < -0.39 is 0 Å². The van der Waals surface area contributed by atoms with Crippen LogP contribution in [0.4, 0.5) is 0 Å². The molecule has 2 nitrogen and oxygen atoms in total. The summed E-state index contributed by atoms with van der Waals surface area (Å²) >= 11 is 11.9. The van der Waals surface area contributed by atoms with Gasteiger partial charge in [0.15, 0.2) is 0 Å². The first-order chi connectivity index (χ1) is 8.67. The molecule has 0 saturated heterocycles. The molecular weight excluding hydrogens is 267 g/mol. The Labute approximate surface area is 120 Å². The molecule has 0 aliphatic heterocycles. The minimum Gasteiger partial charge on any atom is -0.299 e. The van der Waals surface area contributed by atoms with E-state index in [0.29, 0.717) is 10.3 Å². The Hall–Kier alpha value is -0.310. The molecule has 1 aromatic heterocycles. The van der Waals surface area contributed by atoms with Gasteiger partial charge in [-0.25, -0.2) is 4.98 Å². The highest BCUT2D eigenvalue weighted by Crippen LogP contribution is 2.18. The number of nitrogens with zero attached hydrogens (tertiary/aromatic N) is 2. The van der Waals surface area contributed by atoms with Gasteiger partial charge in [0.25, 0.3) is 0 Å². The third-order valence-electron chi connectivity index (χ3n) is 2.94. The molecule has 0 aromatic carbocycles. The Morgan fingerprint density at radius 2 is 1.67 bits per heavy atom. The Morgan fingerprint density at radius 3 is 2.17 bits per heavy atom. The molecule has 0 amide bonds. The molecule has 0 bridgehead atoms. The molecule has 1 aromatic rings. The number of hydrogen-bond donors (Lipinski definition) is 0. The zero-order valence-corrected chi connectivity index (χ0v) is 12.8. The lowest BCUT2D eigenvalue weighted by Crippen LogP contribution is -2.25. The zero-order chi connectivity index (χ0) is 13.4. The van der Waals surface area contributed by atoms with Gasteiger partial charge >= 0.3 is 0 Å². The first-order valence-corrected chi connectivity index (χ1v) is 7.46. The fourth-order valence-corrected chi connectivity index (χ4v) is 2.24. The normalized spacial score (nSPS) is 11.2. The van der Waals surface area contributed by atoms with Crippen molar-refractivity contribution in [1.82, 2.24) is 9.88 Å². The van der Waals surface area contributed by atoms with E-state index in [4.69, 9.17) is 23.2 Å². The summed E-state index contributed by atoms with van der Waals surface area (Å²) in [5, 5.41) is 0.984. The summed E-state index contributed by atoms with van der Waals surface area (Å²) in [7, 11) is 0. The molecule has 0 saturated carbocycles. The Bertz CT molecular complexity index is 348. The summed E-state index contributed by atoms with van der Waals surface area (Å²) < 4.78 is 0. The van der Waals surface area contributed by atoms with Crippen molar-refractivity contribution >= 4 is 23.2 Å². The van der Waals surface area contributed by atoms with Gasteiger partial charge in [0.1, 0.15) is 10.3 Å². The molecule has 1 rings (SSSR count). The monoisotopic (exact) mass is 288 g/mol. The van der Waals surface area contributed by atoms with Gasteiger partial charge in [-0.3, -0.25) is 4.90 Å². The lowest BCUT2D eigenvalue weighted by atomic mass is 10.2. The molecule has 1 heterocycles. The number of rotatable bonds is 8. The maximum Gasteiger partial charge on any atom is 0.135 e. The maximum atomic E-state index is 6.12. The zero-order valence-electron chi connectivity index (χ0n) is 11.3. The molecular formula is C14H22Cl2N2. The van der Waals surface area contributed by atoms with Crippen LogP contribution in [0, 0.1) is 0 Å². The molecule has 0 aliphatic carbocycles. The van der Waals surface area contributed by atoms with Gasteiger partial charge in [0.05, 0.1) is 0 Å². The predicted octanol–water partition coefficient (Wildman–Crippen LogP) is 4.79. The molecule has 0 unspecified atom stereocenters. The van der Waals surface area contributed by atoms with Gasteiger partial charge in [0, 0.05) is 12.1 Å². The van der Waals surface area contributed by atoms with E-state index in [0.717, 1.165) is 25.2 Å².